The molecule has 0 amide bonds. The Morgan fingerprint density at radius 2 is 2.29 bits per heavy atom. The Kier molecular flexibility index (Phi) is 4.90. The zero-order valence-corrected chi connectivity index (χ0v) is 8.74. The van der Waals surface area contributed by atoms with Gasteiger partial charge in [-0.25, -0.2) is 0 Å². The van der Waals surface area contributed by atoms with Crippen molar-refractivity contribution in [1.82, 2.24) is 4.90 Å². The number of esters is 1. The summed E-state index contributed by atoms with van der Waals surface area (Å²) in [6.45, 7) is 3.23. The summed E-state index contributed by atoms with van der Waals surface area (Å²) in [5.74, 6) is -0.187. The van der Waals surface area contributed by atoms with Crippen LogP contribution in [0.25, 0.3) is 0 Å². The van der Waals surface area contributed by atoms with Gasteiger partial charge in [0.15, 0.2) is 0 Å². The number of nitrogens with zero attached hydrogens (tertiary/aromatic N) is 1. The number of hydrogen-bond donors (Lipinski definition) is 1. The van der Waals surface area contributed by atoms with Crippen LogP contribution in [0.3, 0.4) is 0 Å². The molecule has 0 aromatic rings. The van der Waals surface area contributed by atoms with Crippen molar-refractivity contribution in [3.63, 3.8) is 0 Å². The van der Waals surface area contributed by atoms with E-state index in [1.165, 1.54) is 6.42 Å². The van der Waals surface area contributed by atoms with Gasteiger partial charge in [0.05, 0.1) is 19.8 Å². The predicted molar refractivity (Wildman–Crippen MR) is 52.9 cm³/mol. The van der Waals surface area contributed by atoms with Gasteiger partial charge < -0.3 is 9.84 Å². The Balaban J connectivity index is 2.30. The number of hydrogen-bond acceptors (Lipinski definition) is 4. The van der Waals surface area contributed by atoms with Crippen molar-refractivity contribution >= 4 is 5.97 Å². The van der Waals surface area contributed by atoms with Crippen LogP contribution in [-0.2, 0) is 9.53 Å². The second kappa shape index (κ2) is 5.98. The highest BCUT2D eigenvalue weighted by Crippen LogP contribution is 2.24. The highest BCUT2D eigenvalue weighted by Gasteiger charge is 2.26. The van der Waals surface area contributed by atoms with Crippen LogP contribution in [0.2, 0.25) is 0 Å². The molecule has 1 N–H and O–H groups in total. The molecule has 0 atom stereocenters. The molecule has 0 bridgehead atoms. The number of carbonyl (C=O) groups excluding carboxylic acids is 1. The fraction of sp³-hybridized carbons (Fsp3) is 0.900. The molecule has 1 fully saturated rings. The minimum Gasteiger partial charge on any atom is -0.465 e. The molecule has 0 saturated heterocycles. The normalized spacial score (nSPS) is 16.8. The van der Waals surface area contributed by atoms with Crippen LogP contribution in [0.15, 0.2) is 0 Å². The van der Waals surface area contributed by atoms with E-state index in [-0.39, 0.29) is 12.6 Å². The lowest BCUT2D eigenvalue weighted by Gasteiger charge is -2.36. The summed E-state index contributed by atoms with van der Waals surface area (Å²) < 4.78 is 4.88. The van der Waals surface area contributed by atoms with Crippen molar-refractivity contribution in [2.75, 3.05) is 26.3 Å². The Labute approximate surface area is 84.8 Å². The molecule has 4 nitrogen and oxygen atoms in total. The third-order valence-corrected chi connectivity index (χ3v) is 2.62. The molecular weight excluding hydrogens is 182 g/mol. The zero-order chi connectivity index (χ0) is 10.4. The minimum atomic E-state index is -0.187. The van der Waals surface area contributed by atoms with Crippen molar-refractivity contribution < 1.29 is 14.6 Å². The highest BCUT2D eigenvalue weighted by molar-refractivity contribution is 5.71. The van der Waals surface area contributed by atoms with Crippen molar-refractivity contribution in [2.45, 2.75) is 32.2 Å². The fourth-order valence-electron chi connectivity index (χ4n) is 1.64. The first-order chi connectivity index (χ1) is 6.77. The smallest absolute Gasteiger partial charge is 0.320 e. The first-order valence-electron chi connectivity index (χ1n) is 5.28. The van der Waals surface area contributed by atoms with Gasteiger partial charge in [-0.2, -0.15) is 0 Å². The number of aliphatic hydroxyl groups excluding tert-OH is 1. The van der Waals surface area contributed by atoms with Crippen molar-refractivity contribution in [2.24, 2.45) is 0 Å². The van der Waals surface area contributed by atoms with Gasteiger partial charge in [0.1, 0.15) is 0 Å². The standard InChI is InChI=1S/C10H19NO3/c1-2-14-10(13)8-11(6-7-12)9-4-3-5-9/h9,12H,2-8H2,1H3. The SMILES string of the molecule is CCOC(=O)CN(CCO)C1CCC1. The average Bonchev–Trinajstić information content (AvgIpc) is 2.01. The summed E-state index contributed by atoms with van der Waals surface area (Å²) in [6, 6.07) is 0.478. The second-order valence-electron chi connectivity index (χ2n) is 3.58. The first kappa shape index (κ1) is 11.5. The molecule has 0 unspecified atom stereocenters. The van der Waals surface area contributed by atoms with Crippen molar-refractivity contribution in [1.29, 1.82) is 0 Å². The Morgan fingerprint density at radius 1 is 1.57 bits per heavy atom. The van der Waals surface area contributed by atoms with Crippen molar-refractivity contribution in [3.05, 3.63) is 0 Å². The molecule has 14 heavy (non-hydrogen) atoms. The van der Waals surface area contributed by atoms with E-state index < -0.39 is 0 Å². The summed E-state index contributed by atoms with van der Waals surface area (Å²) in [4.78, 5) is 13.2. The summed E-state index contributed by atoms with van der Waals surface area (Å²) in [6.07, 6.45) is 3.51. The van der Waals surface area contributed by atoms with Crippen molar-refractivity contribution in [3.8, 4) is 0 Å². The molecule has 1 saturated carbocycles. The molecule has 0 spiro atoms. The molecule has 1 aliphatic carbocycles. The lowest BCUT2D eigenvalue weighted by molar-refractivity contribution is -0.145. The van der Waals surface area contributed by atoms with E-state index >= 15 is 0 Å². The van der Waals surface area contributed by atoms with Crippen LogP contribution in [-0.4, -0.2) is 48.3 Å². The molecule has 0 aromatic carbocycles. The predicted octanol–water partition coefficient (Wildman–Crippen LogP) is 0.396. The average molecular weight is 201 g/mol. The molecule has 0 aliphatic heterocycles. The third kappa shape index (κ3) is 3.27. The monoisotopic (exact) mass is 201 g/mol. The third-order valence-electron chi connectivity index (χ3n) is 2.62. The van der Waals surface area contributed by atoms with E-state index in [2.05, 4.69) is 0 Å². The van der Waals surface area contributed by atoms with E-state index in [9.17, 15) is 4.79 Å². The van der Waals surface area contributed by atoms with Crippen LogP contribution in [0.1, 0.15) is 26.2 Å². The van der Waals surface area contributed by atoms with Gasteiger partial charge >= 0.3 is 5.97 Å². The molecule has 0 radical (unpaired) electrons. The van der Waals surface area contributed by atoms with E-state index in [1.54, 1.807) is 6.92 Å². The van der Waals surface area contributed by atoms with E-state index in [1.807, 2.05) is 4.90 Å². The largest absolute Gasteiger partial charge is 0.465 e. The number of rotatable bonds is 6. The molecule has 0 aromatic heterocycles. The topological polar surface area (TPSA) is 49.8 Å². The first-order valence-corrected chi connectivity index (χ1v) is 5.28. The maximum Gasteiger partial charge on any atom is 0.320 e. The summed E-state index contributed by atoms with van der Waals surface area (Å²) >= 11 is 0. The highest BCUT2D eigenvalue weighted by atomic mass is 16.5. The van der Waals surface area contributed by atoms with Gasteiger partial charge in [-0.05, 0) is 19.8 Å². The quantitative estimate of drug-likeness (QED) is 0.632. The van der Waals surface area contributed by atoms with E-state index in [0.717, 1.165) is 12.8 Å². The maximum atomic E-state index is 11.2. The van der Waals surface area contributed by atoms with Gasteiger partial charge in [0.25, 0.3) is 0 Å². The summed E-state index contributed by atoms with van der Waals surface area (Å²) in [5, 5.41) is 8.85. The minimum absolute atomic E-state index is 0.107. The molecule has 0 heterocycles. The number of carbonyl (C=O) groups is 1. The fourth-order valence-corrected chi connectivity index (χ4v) is 1.64. The second-order valence-corrected chi connectivity index (χ2v) is 3.58. The van der Waals surface area contributed by atoms with Gasteiger partial charge in [-0.15, -0.1) is 0 Å². The Bertz CT molecular complexity index is 180. The zero-order valence-electron chi connectivity index (χ0n) is 8.74. The van der Waals surface area contributed by atoms with Crippen LogP contribution in [0.4, 0.5) is 0 Å². The molecule has 1 rings (SSSR count). The van der Waals surface area contributed by atoms with Gasteiger partial charge in [-0.1, -0.05) is 6.42 Å². The van der Waals surface area contributed by atoms with Crippen LogP contribution in [0, 0.1) is 0 Å². The van der Waals surface area contributed by atoms with Gasteiger partial charge in [0, 0.05) is 12.6 Å². The van der Waals surface area contributed by atoms with Crippen LogP contribution >= 0.6 is 0 Å². The summed E-state index contributed by atoms with van der Waals surface area (Å²) in [7, 11) is 0. The Hall–Kier alpha value is -0.610. The van der Waals surface area contributed by atoms with Crippen LogP contribution in [0.5, 0.6) is 0 Å². The Morgan fingerprint density at radius 3 is 2.71 bits per heavy atom. The molecule has 1 aliphatic rings. The summed E-state index contributed by atoms with van der Waals surface area (Å²) in [5.41, 5.74) is 0. The molecule has 82 valence electrons. The lowest BCUT2D eigenvalue weighted by Crippen LogP contribution is -2.44. The molecule has 4 heteroatoms. The van der Waals surface area contributed by atoms with E-state index in [4.69, 9.17) is 9.84 Å². The lowest BCUT2D eigenvalue weighted by atomic mass is 9.91. The number of aliphatic hydroxyl groups is 1. The van der Waals surface area contributed by atoms with E-state index in [0.29, 0.717) is 25.7 Å². The van der Waals surface area contributed by atoms with Gasteiger partial charge in [0.2, 0.25) is 0 Å². The molecular formula is C10H19NO3. The van der Waals surface area contributed by atoms with Crippen LogP contribution < -0.4 is 0 Å². The number of ether oxygens (including phenoxy) is 1. The maximum absolute atomic E-state index is 11.2. The van der Waals surface area contributed by atoms with Gasteiger partial charge in [-0.3, -0.25) is 9.69 Å².